The van der Waals surface area contributed by atoms with Crippen molar-refractivity contribution in [2.75, 3.05) is 14.2 Å². The predicted molar refractivity (Wildman–Crippen MR) is 67.7 cm³/mol. The molecule has 0 spiro atoms. The van der Waals surface area contributed by atoms with Crippen LogP contribution in [0.4, 0.5) is 0 Å². The number of methoxy groups -OCH3 is 2. The first-order valence-corrected chi connectivity index (χ1v) is 5.46. The van der Waals surface area contributed by atoms with Crippen molar-refractivity contribution in [1.82, 2.24) is 0 Å². The largest absolute Gasteiger partial charge is 0.497 e. The average Bonchev–Trinajstić information content (AvgIpc) is 2.39. The Hall–Kier alpha value is -1.74. The highest BCUT2D eigenvalue weighted by Gasteiger charge is 2.09. The van der Waals surface area contributed by atoms with Gasteiger partial charge in [0.25, 0.3) is 0 Å². The van der Waals surface area contributed by atoms with Gasteiger partial charge in [-0.25, -0.2) is 0 Å². The fourth-order valence-corrected chi connectivity index (χ4v) is 2.03. The number of fused-ring (bicyclic) bond motifs is 1. The summed E-state index contributed by atoms with van der Waals surface area (Å²) in [7, 11) is 3.28. The molecule has 0 bridgehead atoms. The highest BCUT2D eigenvalue weighted by atomic mass is 16.5. The minimum Gasteiger partial charge on any atom is -0.497 e. The van der Waals surface area contributed by atoms with E-state index in [-0.39, 0.29) is 6.61 Å². The lowest BCUT2D eigenvalue weighted by molar-refractivity contribution is 0.280. The predicted octanol–water partition coefficient (Wildman–Crippen LogP) is 2.66. The Morgan fingerprint density at radius 1 is 1.06 bits per heavy atom. The van der Waals surface area contributed by atoms with E-state index in [1.54, 1.807) is 14.2 Å². The van der Waals surface area contributed by atoms with Crippen LogP contribution in [0.25, 0.3) is 10.8 Å². The number of benzene rings is 2. The summed E-state index contributed by atoms with van der Waals surface area (Å²) in [6.45, 7) is 2.00. The third-order valence-corrected chi connectivity index (χ3v) is 3.07. The Balaban J connectivity index is 2.80. The van der Waals surface area contributed by atoms with Crippen molar-refractivity contribution in [1.29, 1.82) is 0 Å². The first kappa shape index (κ1) is 11.7. The highest BCUT2D eigenvalue weighted by molar-refractivity contribution is 5.93. The quantitative estimate of drug-likeness (QED) is 0.884. The summed E-state index contributed by atoms with van der Waals surface area (Å²) < 4.78 is 10.6. The van der Waals surface area contributed by atoms with Gasteiger partial charge in [0.15, 0.2) is 0 Å². The standard InChI is InChI=1S/C14H16O3/c1-9-10(8-15)6-14(17-3)12-5-4-11(16-2)7-13(9)12/h4-7,15H,8H2,1-3H3. The molecule has 0 aliphatic rings. The molecule has 2 aromatic carbocycles. The lowest BCUT2D eigenvalue weighted by Crippen LogP contribution is -1.95. The van der Waals surface area contributed by atoms with Crippen LogP contribution in [0.15, 0.2) is 24.3 Å². The minimum absolute atomic E-state index is 0.00927. The topological polar surface area (TPSA) is 38.7 Å². The smallest absolute Gasteiger partial charge is 0.127 e. The van der Waals surface area contributed by atoms with Crippen molar-refractivity contribution in [3.63, 3.8) is 0 Å². The number of aliphatic hydroxyl groups excluding tert-OH is 1. The van der Waals surface area contributed by atoms with Crippen molar-refractivity contribution < 1.29 is 14.6 Å². The molecule has 2 aromatic rings. The zero-order valence-corrected chi connectivity index (χ0v) is 10.3. The van der Waals surface area contributed by atoms with Crippen molar-refractivity contribution in [2.24, 2.45) is 0 Å². The molecule has 0 amide bonds. The van der Waals surface area contributed by atoms with Crippen LogP contribution in [0.2, 0.25) is 0 Å². The molecule has 0 fully saturated rings. The Kier molecular flexibility index (Phi) is 3.20. The maximum Gasteiger partial charge on any atom is 0.127 e. The number of aliphatic hydroxyl groups is 1. The SMILES string of the molecule is COc1ccc2c(OC)cc(CO)c(C)c2c1. The van der Waals surface area contributed by atoms with Crippen molar-refractivity contribution in [3.05, 3.63) is 35.4 Å². The molecule has 1 N–H and O–H groups in total. The highest BCUT2D eigenvalue weighted by Crippen LogP contribution is 2.33. The van der Waals surface area contributed by atoms with E-state index >= 15 is 0 Å². The summed E-state index contributed by atoms with van der Waals surface area (Å²) in [5.41, 5.74) is 1.94. The van der Waals surface area contributed by atoms with E-state index in [2.05, 4.69) is 0 Å². The molecule has 0 atom stereocenters. The zero-order chi connectivity index (χ0) is 12.4. The Labute approximate surface area is 101 Å². The Morgan fingerprint density at radius 3 is 2.41 bits per heavy atom. The summed E-state index contributed by atoms with van der Waals surface area (Å²) in [4.78, 5) is 0. The van der Waals surface area contributed by atoms with Gasteiger partial charge in [0.05, 0.1) is 20.8 Å². The molecule has 17 heavy (non-hydrogen) atoms. The van der Waals surface area contributed by atoms with E-state index < -0.39 is 0 Å². The molecule has 3 heteroatoms. The third kappa shape index (κ3) is 1.94. The Bertz CT molecular complexity index is 547. The third-order valence-electron chi connectivity index (χ3n) is 3.07. The van der Waals surface area contributed by atoms with Gasteiger partial charge in [-0.1, -0.05) is 0 Å². The van der Waals surface area contributed by atoms with Gasteiger partial charge in [0.1, 0.15) is 11.5 Å². The molecule has 0 radical (unpaired) electrons. The molecule has 0 saturated heterocycles. The van der Waals surface area contributed by atoms with Gasteiger partial charge in [-0.05, 0) is 47.7 Å². The van der Waals surface area contributed by atoms with E-state index in [9.17, 15) is 5.11 Å². The molecule has 90 valence electrons. The molecule has 0 aliphatic carbocycles. The second-order valence-electron chi connectivity index (χ2n) is 3.93. The molecule has 3 nitrogen and oxygen atoms in total. The summed E-state index contributed by atoms with van der Waals surface area (Å²) in [6, 6.07) is 7.72. The number of rotatable bonds is 3. The van der Waals surface area contributed by atoms with Crippen LogP contribution in [-0.4, -0.2) is 19.3 Å². The molecule has 0 saturated carbocycles. The van der Waals surface area contributed by atoms with Crippen LogP contribution in [0.1, 0.15) is 11.1 Å². The fraction of sp³-hybridized carbons (Fsp3) is 0.286. The normalized spacial score (nSPS) is 10.6. The molecule has 0 unspecified atom stereocenters. The van der Waals surface area contributed by atoms with Crippen LogP contribution in [-0.2, 0) is 6.61 Å². The second kappa shape index (κ2) is 4.63. The molecule has 2 rings (SSSR count). The van der Waals surface area contributed by atoms with E-state index in [0.29, 0.717) is 0 Å². The molecular weight excluding hydrogens is 216 g/mol. The molecule has 0 heterocycles. The van der Waals surface area contributed by atoms with Gasteiger partial charge < -0.3 is 14.6 Å². The summed E-state index contributed by atoms with van der Waals surface area (Å²) in [5.74, 6) is 1.58. The van der Waals surface area contributed by atoms with Gasteiger partial charge >= 0.3 is 0 Å². The maximum atomic E-state index is 9.34. The molecule has 0 aromatic heterocycles. The second-order valence-corrected chi connectivity index (χ2v) is 3.93. The number of ether oxygens (including phenoxy) is 2. The van der Waals surface area contributed by atoms with Crippen LogP contribution in [0, 0.1) is 6.92 Å². The first-order chi connectivity index (χ1) is 8.21. The van der Waals surface area contributed by atoms with Gasteiger partial charge in [-0.2, -0.15) is 0 Å². The van der Waals surface area contributed by atoms with Gasteiger partial charge in [0, 0.05) is 5.39 Å². The van der Waals surface area contributed by atoms with Gasteiger partial charge in [-0.3, -0.25) is 0 Å². The van der Waals surface area contributed by atoms with E-state index in [0.717, 1.165) is 33.4 Å². The Morgan fingerprint density at radius 2 is 1.82 bits per heavy atom. The zero-order valence-electron chi connectivity index (χ0n) is 10.3. The molecular formula is C14H16O3. The lowest BCUT2D eigenvalue weighted by atomic mass is 9.99. The van der Waals surface area contributed by atoms with E-state index in [4.69, 9.17) is 9.47 Å². The van der Waals surface area contributed by atoms with Crippen molar-refractivity contribution in [3.8, 4) is 11.5 Å². The summed E-state index contributed by atoms with van der Waals surface area (Å²) in [5, 5.41) is 11.4. The summed E-state index contributed by atoms with van der Waals surface area (Å²) >= 11 is 0. The van der Waals surface area contributed by atoms with Crippen LogP contribution in [0.5, 0.6) is 11.5 Å². The van der Waals surface area contributed by atoms with Crippen molar-refractivity contribution in [2.45, 2.75) is 13.5 Å². The van der Waals surface area contributed by atoms with Gasteiger partial charge in [0.2, 0.25) is 0 Å². The monoisotopic (exact) mass is 232 g/mol. The number of hydrogen-bond acceptors (Lipinski definition) is 3. The molecule has 0 aliphatic heterocycles. The van der Waals surface area contributed by atoms with Crippen LogP contribution >= 0.6 is 0 Å². The van der Waals surface area contributed by atoms with Crippen molar-refractivity contribution >= 4 is 10.8 Å². The maximum absolute atomic E-state index is 9.34. The summed E-state index contributed by atoms with van der Waals surface area (Å²) in [6.07, 6.45) is 0. The fourth-order valence-electron chi connectivity index (χ4n) is 2.03. The first-order valence-electron chi connectivity index (χ1n) is 5.46. The van der Waals surface area contributed by atoms with Crippen LogP contribution < -0.4 is 9.47 Å². The number of aryl methyl sites for hydroxylation is 1. The average molecular weight is 232 g/mol. The van der Waals surface area contributed by atoms with E-state index in [1.165, 1.54) is 0 Å². The minimum atomic E-state index is 0.00927. The van der Waals surface area contributed by atoms with Gasteiger partial charge in [-0.15, -0.1) is 0 Å². The lowest BCUT2D eigenvalue weighted by Gasteiger charge is -2.13. The number of hydrogen-bond donors (Lipinski definition) is 1. The van der Waals surface area contributed by atoms with E-state index in [1.807, 2.05) is 31.2 Å². The van der Waals surface area contributed by atoms with Crippen LogP contribution in [0.3, 0.4) is 0 Å².